The van der Waals surface area contributed by atoms with Crippen LogP contribution in [0.2, 0.25) is 0 Å². The maximum absolute atomic E-state index is 5.29. The number of aromatic nitrogens is 2. The van der Waals surface area contributed by atoms with Gasteiger partial charge in [0, 0.05) is 37.9 Å². The zero-order valence-electron chi connectivity index (χ0n) is 9.85. The third-order valence-corrected chi connectivity index (χ3v) is 2.66. The zero-order chi connectivity index (χ0) is 11.2. The van der Waals surface area contributed by atoms with Gasteiger partial charge in [-0.25, -0.2) is 5.01 Å². The van der Waals surface area contributed by atoms with Crippen molar-refractivity contribution in [2.75, 3.05) is 26.3 Å². The van der Waals surface area contributed by atoms with Gasteiger partial charge >= 0.3 is 0 Å². The first-order valence-corrected chi connectivity index (χ1v) is 5.96. The number of morpholine rings is 1. The number of nitrogens with zero attached hydrogens (tertiary/aromatic N) is 3. The molecule has 5 heteroatoms. The maximum atomic E-state index is 5.29. The Morgan fingerprint density at radius 2 is 2.25 bits per heavy atom. The molecule has 0 aromatic carbocycles. The first kappa shape index (κ1) is 11.6. The Balaban J connectivity index is 1.75. The van der Waals surface area contributed by atoms with Crippen molar-refractivity contribution in [2.24, 2.45) is 0 Å². The van der Waals surface area contributed by atoms with Crippen LogP contribution in [0.4, 0.5) is 0 Å². The van der Waals surface area contributed by atoms with Crippen molar-refractivity contribution in [3.63, 3.8) is 0 Å². The summed E-state index contributed by atoms with van der Waals surface area (Å²) in [5.74, 6) is 0. The number of aryl methyl sites for hydroxylation is 1. The van der Waals surface area contributed by atoms with Crippen LogP contribution in [0.3, 0.4) is 0 Å². The maximum Gasteiger partial charge on any atom is 0.0608 e. The van der Waals surface area contributed by atoms with Gasteiger partial charge in [-0.1, -0.05) is 6.92 Å². The summed E-state index contributed by atoms with van der Waals surface area (Å²) in [7, 11) is 0. The van der Waals surface area contributed by atoms with Gasteiger partial charge in [0.05, 0.1) is 19.4 Å². The van der Waals surface area contributed by atoms with Crippen molar-refractivity contribution in [1.29, 1.82) is 0 Å². The summed E-state index contributed by atoms with van der Waals surface area (Å²) < 4.78 is 7.29. The van der Waals surface area contributed by atoms with Crippen LogP contribution in [0.15, 0.2) is 12.4 Å². The van der Waals surface area contributed by atoms with E-state index in [1.165, 1.54) is 5.56 Å². The molecule has 16 heavy (non-hydrogen) atoms. The molecule has 1 aliphatic rings. The van der Waals surface area contributed by atoms with E-state index in [2.05, 4.69) is 28.7 Å². The van der Waals surface area contributed by atoms with E-state index in [9.17, 15) is 0 Å². The van der Waals surface area contributed by atoms with E-state index >= 15 is 0 Å². The summed E-state index contributed by atoms with van der Waals surface area (Å²) >= 11 is 0. The topological polar surface area (TPSA) is 42.3 Å². The molecule has 1 saturated heterocycles. The van der Waals surface area contributed by atoms with Crippen molar-refractivity contribution >= 4 is 0 Å². The van der Waals surface area contributed by atoms with Crippen LogP contribution in [-0.4, -0.2) is 41.1 Å². The van der Waals surface area contributed by atoms with Gasteiger partial charge in [0.2, 0.25) is 0 Å². The Morgan fingerprint density at radius 1 is 1.44 bits per heavy atom. The highest BCUT2D eigenvalue weighted by Gasteiger charge is 2.09. The monoisotopic (exact) mass is 224 g/mol. The molecule has 0 spiro atoms. The Kier molecular flexibility index (Phi) is 4.33. The SMILES string of the molecule is CCCn1cc(CNN2CCOCC2)cn1. The molecule has 0 saturated carbocycles. The van der Waals surface area contributed by atoms with Crippen LogP contribution in [-0.2, 0) is 17.8 Å². The van der Waals surface area contributed by atoms with Crippen LogP contribution in [0.5, 0.6) is 0 Å². The largest absolute Gasteiger partial charge is 0.379 e. The average Bonchev–Trinajstić information content (AvgIpc) is 2.76. The lowest BCUT2D eigenvalue weighted by Gasteiger charge is -2.26. The summed E-state index contributed by atoms with van der Waals surface area (Å²) in [6.45, 7) is 7.57. The minimum Gasteiger partial charge on any atom is -0.379 e. The highest BCUT2D eigenvalue weighted by molar-refractivity contribution is 5.02. The van der Waals surface area contributed by atoms with Crippen molar-refractivity contribution in [3.8, 4) is 0 Å². The predicted molar refractivity (Wildman–Crippen MR) is 61.7 cm³/mol. The van der Waals surface area contributed by atoms with E-state index in [1.54, 1.807) is 0 Å². The van der Waals surface area contributed by atoms with Gasteiger partial charge in [0.1, 0.15) is 0 Å². The van der Waals surface area contributed by atoms with Crippen LogP contribution in [0.25, 0.3) is 0 Å². The van der Waals surface area contributed by atoms with Crippen LogP contribution < -0.4 is 5.43 Å². The lowest BCUT2D eigenvalue weighted by atomic mass is 10.4. The van der Waals surface area contributed by atoms with Crippen molar-refractivity contribution in [3.05, 3.63) is 18.0 Å². The second-order valence-electron chi connectivity index (χ2n) is 4.05. The molecular weight excluding hydrogens is 204 g/mol. The molecule has 90 valence electrons. The van der Waals surface area contributed by atoms with Crippen LogP contribution in [0.1, 0.15) is 18.9 Å². The molecule has 0 unspecified atom stereocenters. The quantitative estimate of drug-likeness (QED) is 0.796. The second-order valence-corrected chi connectivity index (χ2v) is 4.05. The molecular formula is C11H20N4O. The minimum atomic E-state index is 0.822. The Morgan fingerprint density at radius 3 is 3.00 bits per heavy atom. The highest BCUT2D eigenvalue weighted by Crippen LogP contribution is 2.00. The van der Waals surface area contributed by atoms with E-state index < -0.39 is 0 Å². The normalized spacial score (nSPS) is 17.8. The van der Waals surface area contributed by atoms with E-state index in [0.29, 0.717) is 0 Å². The molecule has 1 N–H and O–H groups in total. The van der Waals surface area contributed by atoms with Crippen molar-refractivity contribution in [2.45, 2.75) is 26.4 Å². The molecule has 0 atom stereocenters. The number of hydrogen-bond donors (Lipinski definition) is 1. The van der Waals surface area contributed by atoms with Gasteiger partial charge in [-0.05, 0) is 6.42 Å². The molecule has 2 rings (SSSR count). The third kappa shape index (κ3) is 3.30. The summed E-state index contributed by atoms with van der Waals surface area (Å²) in [5, 5.41) is 6.51. The zero-order valence-corrected chi connectivity index (χ0v) is 9.85. The molecule has 5 nitrogen and oxygen atoms in total. The average molecular weight is 224 g/mol. The molecule has 2 heterocycles. The van der Waals surface area contributed by atoms with Crippen LogP contribution >= 0.6 is 0 Å². The first-order valence-electron chi connectivity index (χ1n) is 5.96. The van der Waals surface area contributed by atoms with Gasteiger partial charge in [0.15, 0.2) is 0 Å². The second kappa shape index (κ2) is 5.98. The number of nitrogens with one attached hydrogen (secondary N) is 1. The standard InChI is InChI=1S/C11H20N4O/c1-2-3-15-10-11(9-13-15)8-12-14-4-6-16-7-5-14/h9-10,12H,2-8H2,1H3. The number of rotatable bonds is 5. The summed E-state index contributed by atoms with van der Waals surface area (Å²) in [6.07, 6.45) is 5.16. The molecule has 0 radical (unpaired) electrons. The van der Waals surface area contributed by atoms with Gasteiger partial charge in [0.25, 0.3) is 0 Å². The molecule has 1 aliphatic heterocycles. The van der Waals surface area contributed by atoms with E-state index in [0.717, 1.165) is 45.8 Å². The third-order valence-electron chi connectivity index (χ3n) is 2.66. The molecule has 1 aromatic rings. The Bertz CT molecular complexity index is 307. The Labute approximate surface area is 96.3 Å². The van der Waals surface area contributed by atoms with E-state index in [1.807, 2.05) is 10.9 Å². The van der Waals surface area contributed by atoms with Gasteiger partial charge in [-0.3, -0.25) is 10.1 Å². The van der Waals surface area contributed by atoms with Crippen molar-refractivity contribution in [1.82, 2.24) is 20.2 Å². The van der Waals surface area contributed by atoms with Gasteiger partial charge in [-0.2, -0.15) is 5.10 Å². The summed E-state index contributed by atoms with van der Waals surface area (Å²) in [5.41, 5.74) is 4.63. The van der Waals surface area contributed by atoms with Gasteiger partial charge in [-0.15, -0.1) is 0 Å². The lowest BCUT2D eigenvalue weighted by molar-refractivity contribution is 0.0106. The molecule has 1 aromatic heterocycles. The fourth-order valence-electron chi connectivity index (χ4n) is 1.77. The molecule has 0 aliphatic carbocycles. The minimum absolute atomic E-state index is 0.822. The first-order chi connectivity index (χ1) is 7.88. The number of hydrazine groups is 1. The molecule has 0 amide bonds. The van der Waals surface area contributed by atoms with Crippen molar-refractivity contribution < 1.29 is 4.74 Å². The smallest absolute Gasteiger partial charge is 0.0608 e. The highest BCUT2D eigenvalue weighted by atomic mass is 16.5. The van der Waals surface area contributed by atoms with E-state index in [-0.39, 0.29) is 0 Å². The fourth-order valence-corrected chi connectivity index (χ4v) is 1.77. The number of hydrogen-bond acceptors (Lipinski definition) is 4. The number of ether oxygens (including phenoxy) is 1. The summed E-state index contributed by atoms with van der Waals surface area (Å²) in [4.78, 5) is 0. The molecule has 0 bridgehead atoms. The Hall–Kier alpha value is -0.910. The fraction of sp³-hybridized carbons (Fsp3) is 0.727. The predicted octanol–water partition coefficient (Wildman–Crippen LogP) is 0.630. The van der Waals surface area contributed by atoms with E-state index in [4.69, 9.17) is 4.74 Å². The van der Waals surface area contributed by atoms with Crippen LogP contribution in [0, 0.1) is 0 Å². The lowest BCUT2D eigenvalue weighted by Crippen LogP contribution is -2.45. The summed E-state index contributed by atoms with van der Waals surface area (Å²) in [6, 6.07) is 0. The van der Waals surface area contributed by atoms with Gasteiger partial charge < -0.3 is 4.74 Å². The molecule has 1 fully saturated rings.